The molecule has 1 aromatic rings. The first-order valence-corrected chi connectivity index (χ1v) is 8.91. The zero-order valence-corrected chi connectivity index (χ0v) is 16.4. The Morgan fingerprint density at radius 2 is 1.57 bits per heavy atom. The van der Waals surface area contributed by atoms with Crippen molar-refractivity contribution >= 4 is 12.6 Å². The van der Waals surface area contributed by atoms with Crippen LogP contribution in [0.15, 0.2) is 18.2 Å². The maximum absolute atomic E-state index is 6.23. The summed E-state index contributed by atoms with van der Waals surface area (Å²) >= 11 is 0. The van der Waals surface area contributed by atoms with Crippen molar-refractivity contribution in [1.29, 1.82) is 0 Å². The van der Waals surface area contributed by atoms with Gasteiger partial charge in [-0.15, -0.1) is 0 Å². The Hall–Kier alpha value is -0.795. The highest BCUT2D eigenvalue weighted by Crippen LogP contribution is 2.37. The average molecular weight is 316 g/mol. The number of rotatable bonds is 4. The summed E-state index contributed by atoms with van der Waals surface area (Å²) in [6.07, 6.45) is 1.11. The van der Waals surface area contributed by atoms with E-state index in [-0.39, 0.29) is 23.7 Å². The van der Waals surface area contributed by atoms with E-state index in [0.717, 1.165) is 11.9 Å². The fraction of sp³-hybridized carbons (Fsp3) is 0.700. The summed E-state index contributed by atoms with van der Waals surface area (Å²) in [7, 11) is -0.285. The van der Waals surface area contributed by atoms with Gasteiger partial charge in [0.15, 0.2) is 0 Å². The van der Waals surface area contributed by atoms with Crippen molar-refractivity contribution in [1.82, 2.24) is 0 Å². The van der Waals surface area contributed by atoms with Gasteiger partial charge in [-0.05, 0) is 62.0 Å². The fourth-order valence-corrected chi connectivity index (χ4v) is 2.98. The Labute approximate surface area is 143 Å². The minimum absolute atomic E-state index is 0.152. The molecule has 1 aromatic carbocycles. The molecule has 2 nitrogen and oxygen atoms in total. The zero-order valence-electron chi connectivity index (χ0n) is 16.4. The molecule has 0 aliphatic carbocycles. The van der Waals surface area contributed by atoms with Gasteiger partial charge in [0, 0.05) is 0 Å². The molecular weight excluding hydrogens is 283 g/mol. The lowest BCUT2D eigenvalue weighted by Crippen LogP contribution is -2.41. The van der Waals surface area contributed by atoms with E-state index in [0.29, 0.717) is 5.92 Å². The molecule has 1 aliphatic rings. The lowest BCUT2D eigenvalue weighted by molar-refractivity contribution is 0.00578. The standard InChI is InChI=1S/C20H33BO2/c1-10-18(4,5)17-13-15(11-12-16(17)14(2)3)21-22-19(6,7)20(8,9)23-21/h11-14H,10H2,1-9H3. The molecule has 128 valence electrons. The Kier molecular flexibility index (Phi) is 4.78. The van der Waals surface area contributed by atoms with E-state index in [1.165, 1.54) is 11.1 Å². The third-order valence-corrected chi connectivity index (χ3v) is 5.84. The molecule has 0 atom stereocenters. The quantitative estimate of drug-likeness (QED) is 0.743. The van der Waals surface area contributed by atoms with Gasteiger partial charge in [0.1, 0.15) is 0 Å². The van der Waals surface area contributed by atoms with Crippen molar-refractivity contribution in [2.45, 2.75) is 91.3 Å². The molecular formula is C20H33BO2. The number of hydrogen-bond acceptors (Lipinski definition) is 2. The Morgan fingerprint density at radius 1 is 1.04 bits per heavy atom. The van der Waals surface area contributed by atoms with E-state index < -0.39 is 0 Å². The zero-order chi connectivity index (χ0) is 17.6. The van der Waals surface area contributed by atoms with Crippen LogP contribution in [0.25, 0.3) is 0 Å². The average Bonchev–Trinajstić information content (AvgIpc) is 2.66. The fourth-order valence-electron chi connectivity index (χ4n) is 2.98. The van der Waals surface area contributed by atoms with Crippen molar-refractivity contribution in [3.05, 3.63) is 29.3 Å². The Morgan fingerprint density at radius 3 is 2.00 bits per heavy atom. The maximum atomic E-state index is 6.23. The van der Waals surface area contributed by atoms with E-state index in [4.69, 9.17) is 9.31 Å². The van der Waals surface area contributed by atoms with Crippen LogP contribution in [0.1, 0.15) is 85.8 Å². The first kappa shape index (κ1) is 18.5. The predicted molar refractivity (Wildman–Crippen MR) is 99.6 cm³/mol. The van der Waals surface area contributed by atoms with E-state index in [9.17, 15) is 0 Å². The molecule has 0 spiro atoms. The van der Waals surface area contributed by atoms with Crippen LogP contribution < -0.4 is 5.46 Å². The normalized spacial score (nSPS) is 20.3. The molecule has 0 N–H and O–H groups in total. The first-order chi connectivity index (χ1) is 10.4. The number of hydrogen-bond donors (Lipinski definition) is 0. The molecule has 0 saturated carbocycles. The van der Waals surface area contributed by atoms with E-state index in [1.807, 2.05) is 0 Å². The molecule has 1 heterocycles. The molecule has 0 radical (unpaired) electrons. The third-order valence-electron chi connectivity index (χ3n) is 5.84. The van der Waals surface area contributed by atoms with Crippen LogP contribution in [0.5, 0.6) is 0 Å². The highest BCUT2D eigenvalue weighted by Gasteiger charge is 2.51. The summed E-state index contributed by atoms with van der Waals surface area (Å²) in [5, 5.41) is 0. The summed E-state index contributed by atoms with van der Waals surface area (Å²) in [5.41, 5.74) is 3.53. The van der Waals surface area contributed by atoms with Gasteiger partial charge in [0.2, 0.25) is 0 Å². The second-order valence-corrected chi connectivity index (χ2v) is 8.83. The molecule has 1 fully saturated rings. The van der Waals surface area contributed by atoms with Gasteiger partial charge in [-0.1, -0.05) is 52.8 Å². The smallest absolute Gasteiger partial charge is 0.399 e. The lowest BCUT2D eigenvalue weighted by atomic mass is 9.71. The van der Waals surface area contributed by atoms with Gasteiger partial charge >= 0.3 is 7.12 Å². The van der Waals surface area contributed by atoms with Crippen LogP contribution in [0, 0.1) is 0 Å². The topological polar surface area (TPSA) is 18.5 Å². The highest BCUT2D eigenvalue weighted by molar-refractivity contribution is 6.62. The van der Waals surface area contributed by atoms with Crippen molar-refractivity contribution in [3.63, 3.8) is 0 Å². The lowest BCUT2D eigenvalue weighted by Gasteiger charge is -2.32. The monoisotopic (exact) mass is 316 g/mol. The van der Waals surface area contributed by atoms with Crippen molar-refractivity contribution in [3.8, 4) is 0 Å². The first-order valence-electron chi connectivity index (χ1n) is 8.91. The van der Waals surface area contributed by atoms with Gasteiger partial charge in [0.25, 0.3) is 0 Å². The van der Waals surface area contributed by atoms with E-state index >= 15 is 0 Å². The van der Waals surface area contributed by atoms with Gasteiger partial charge in [-0.2, -0.15) is 0 Å². The molecule has 0 aromatic heterocycles. The second kappa shape index (κ2) is 5.93. The minimum Gasteiger partial charge on any atom is -0.399 e. The summed E-state index contributed by atoms with van der Waals surface area (Å²) in [4.78, 5) is 0. The second-order valence-electron chi connectivity index (χ2n) is 8.83. The maximum Gasteiger partial charge on any atom is 0.494 e. The molecule has 1 aliphatic heterocycles. The van der Waals surface area contributed by atoms with Crippen molar-refractivity contribution in [2.75, 3.05) is 0 Å². The minimum atomic E-state index is -0.297. The van der Waals surface area contributed by atoms with Crippen LogP contribution in [-0.2, 0) is 14.7 Å². The van der Waals surface area contributed by atoms with Crippen molar-refractivity contribution in [2.24, 2.45) is 0 Å². The highest BCUT2D eigenvalue weighted by atomic mass is 16.7. The van der Waals surface area contributed by atoms with E-state index in [1.54, 1.807) is 0 Å². The Bertz CT molecular complexity index is 557. The van der Waals surface area contributed by atoms with Gasteiger partial charge in [-0.3, -0.25) is 0 Å². The summed E-state index contributed by atoms with van der Waals surface area (Å²) in [6, 6.07) is 6.74. The summed E-state index contributed by atoms with van der Waals surface area (Å²) in [5.74, 6) is 0.517. The molecule has 2 rings (SSSR count). The molecule has 0 amide bonds. The van der Waals surface area contributed by atoms with Gasteiger partial charge < -0.3 is 9.31 Å². The predicted octanol–water partition coefficient (Wildman–Crippen LogP) is 4.80. The Balaban J connectivity index is 2.45. The molecule has 3 heteroatoms. The molecule has 1 saturated heterocycles. The number of benzene rings is 1. The van der Waals surface area contributed by atoms with Crippen LogP contribution >= 0.6 is 0 Å². The van der Waals surface area contributed by atoms with E-state index in [2.05, 4.69) is 80.5 Å². The third kappa shape index (κ3) is 3.37. The molecule has 23 heavy (non-hydrogen) atoms. The van der Waals surface area contributed by atoms with Crippen LogP contribution in [0.2, 0.25) is 0 Å². The molecule has 0 unspecified atom stereocenters. The van der Waals surface area contributed by atoms with Crippen LogP contribution in [0.3, 0.4) is 0 Å². The largest absolute Gasteiger partial charge is 0.494 e. The molecule has 0 bridgehead atoms. The van der Waals surface area contributed by atoms with Gasteiger partial charge in [0.05, 0.1) is 11.2 Å². The van der Waals surface area contributed by atoms with Crippen LogP contribution in [0.4, 0.5) is 0 Å². The van der Waals surface area contributed by atoms with Crippen molar-refractivity contribution < 1.29 is 9.31 Å². The SMILES string of the molecule is CCC(C)(C)c1cc(B2OC(C)(C)C(C)(C)O2)ccc1C(C)C. The van der Waals surface area contributed by atoms with Gasteiger partial charge in [-0.25, -0.2) is 0 Å². The van der Waals surface area contributed by atoms with Crippen LogP contribution in [-0.4, -0.2) is 18.3 Å². The summed E-state index contributed by atoms with van der Waals surface area (Å²) < 4.78 is 12.5. The summed E-state index contributed by atoms with van der Waals surface area (Å²) in [6.45, 7) is 19.8.